The van der Waals surface area contributed by atoms with E-state index in [1.165, 1.54) is 0 Å². The van der Waals surface area contributed by atoms with Crippen molar-refractivity contribution in [3.63, 3.8) is 0 Å². The highest BCUT2D eigenvalue weighted by Gasteiger charge is 2.15. The Hall–Kier alpha value is -2.14. The summed E-state index contributed by atoms with van der Waals surface area (Å²) in [7, 11) is 0. The van der Waals surface area contributed by atoms with Crippen molar-refractivity contribution in [1.82, 2.24) is 20.2 Å². The first-order chi connectivity index (χ1) is 9.65. The number of rotatable bonds is 3. The van der Waals surface area contributed by atoms with E-state index in [0.717, 1.165) is 28.1 Å². The van der Waals surface area contributed by atoms with Crippen LogP contribution in [0, 0.1) is 0 Å². The number of H-pyrrole nitrogens is 1. The maximum atomic E-state index is 6.03. The molecule has 0 saturated heterocycles. The van der Waals surface area contributed by atoms with Gasteiger partial charge >= 0.3 is 0 Å². The minimum atomic E-state index is 0.281. The highest BCUT2D eigenvalue weighted by atomic mass is 35.5. The minimum Gasteiger partial charge on any atom is -0.367 e. The third kappa shape index (κ3) is 2.32. The third-order valence-electron chi connectivity index (χ3n) is 2.87. The van der Waals surface area contributed by atoms with Crippen LogP contribution in [0.15, 0.2) is 30.6 Å². The maximum absolute atomic E-state index is 6.03. The van der Waals surface area contributed by atoms with Gasteiger partial charge in [0.2, 0.25) is 0 Å². The molecule has 0 radical (unpaired) electrons. The zero-order valence-electron chi connectivity index (χ0n) is 11.2. The van der Waals surface area contributed by atoms with Gasteiger partial charge in [-0.25, -0.2) is 4.98 Å². The fraction of sp³-hybridized carbons (Fsp3) is 0.214. The van der Waals surface area contributed by atoms with Gasteiger partial charge in [0, 0.05) is 23.5 Å². The summed E-state index contributed by atoms with van der Waals surface area (Å²) in [6.45, 7) is 4.13. The van der Waals surface area contributed by atoms with E-state index in [9.17, 15) is 0 Å². The van der Waals surface area contributed by atoms with Crippen LogP contribution in [0.4, 0.5) is 5.82 Å². The molecule has 20 heavy (non-hydrogen) atoms. The first-order valence-corrected chi connectivity index (χ1v) is 6.74. The average Bonchev–Trinajstić information content (AvgIpc) is 2.83. The largest absolute Gasteiger partial charge is 0.367 e. The molecule has 0 aliphatic carbocycles. The van der Waals surface area contributed by atoms with Crippen LogP contribution in [-0.2, 0) is 0 Å². The molecule has 0 aromatic carbocycles. The van der Waals surface area contributed by atoms with Crippen LogP contribution < -0.4 is 5.32 Å². The van der Waals surface area contributed by atoms with Crippen LogP contribution in [0.5, 0.6) is 0 Å². The maximum Gasteiger partial charge on any atom is 0.137 e. The molecule has 3 heterocycles. The summed E-state index contributed by atoms with van der Waals surface area (Å²) in [5.74, 6) is 0.794. The second-order valence-electron chi connectivity index (χ2n) is 4.81. The van der Waals surface area contributed by atoms with E-state index in [0.29, 0.717) is 5.02 Å². The van der Waals surface area contributed by atoms with E-state index in [4.69, 9.17) is 11.6 Å². The van der Waals surface area contributed by atoms with Gasteiger partial charge in [0.25, 0.3) is 0 Å². The summed E-state index contributed by atoms with van der Waals surface area (Å²) in [5, 5.41) is 12.2. The molecule has 0 fully saturated rings. The van der Waals surface area contributed by atoms with Crippen LogP contribution >= 0.6 is 11.6 Å². The second kappa shape index (κ2) is 5.09. The number of anilines is 1. The summed E-state index contributed by atoms with van der Waals surface area (Å²) < 4.78 is 0. The highest BCUT2D eigenvalue weighted by molar-refractivity contribution is 6.30. The minimum absolute atomic E-state index is 0.281. The number of aromatic amines is 1. The molecule has 2 N–H and O–H groups in total. The standard InChI is InChI=1S/C14H14ClN5/c1-8(2)18-14-12-10(4-6-17-14)19-20-13(12)11-7-9(15)3-5-16-11/h3-8H,1-2H3,(H,17,18)(H,19,20). The Labute approximate surface area is 121 Å². The molecule has 3 rings (SSSR count). The summed E-state index contributed by atoms with van der Waals surface area (Å²) in [6.07, 6.45) is 3.42. The molecule has 0 aliphatic rings. The van der Waals surface area contributed by atoms with E-state index < -0.39 is 0 Å². The Morgan fingerprint density at radius 1 is 1.20 bits per heavy atom. The second-order valence-corrected chi connectivity index (χ2v) is 5.25. The molecule has 0 aliphatic heterocycles. The first-order valence-electron chi connectivity index (χ1n) is 6.36. The zero-order chi connectivity index (χ0) is 14.1. The summed E-state index contributed by atoms with van der Waals surface area (Å²) in [4.78, 5) is 8.73. The fourth-order valence-corrected chi connectivity index (χ4v) is 2.23. The number of pyridine rings is 2. The SMILES string of the molecule is CC(C)Nc1nccc2[nH]nc(-c3cc(Cl)ccn3)c12. The monoisotopic (exact) mass is 287 g/mol. The van der Waals surface area contributed by atoms with Crippen LogP contribution in [0.1, 0.15) is 13.8 Å². The van der Waals surface area contributed by atoms with Crippen molar-refractivity contribution in [2.75, 3.05) is 5.32 Å². The molecule has 3 aromatic heterocycles. The quantitative estimate of drug-likeness (QED) is 0.774. The van der Waals surface area contributed by atoms with Crippen molar-refractivity contribution in [2.45, 2.75) is 19.9 Å². The third-order valence-corrected chi connectivity index (χ3v) is 3.10. The lowest BCUT2D eigenvalue weighted by Gasteiger charge is -2.10. The molecule has 0 spiro atoms. The van der Waals surface area contributed by atoms with Gasteiger partial charge in [0.15, 0.2) is 0 Å². The predicted molar refractivity (Wildman–Crippen MR) is 80.9 cm³/mol. The molecule has 0 atom stereocenters. The topological polar surface area (TPSA) is 66.5 Å². The molecule has 5 nitrogen and oxygen atoms in total. The Morgan fingerprint density at radius 2 is 2.00 bits per heavy atom. The van der Waals surface area contributed by atoms with Crippen molar-refractivity contribution in [2.24, 2.45) is 0 Å². The number of aromatic nitrogens is 4. The van der Waals surface area contributed by atoms with E-state index in [1.54, 1.807) is 24.5 Å². The number of hydrogen-bond acceptors (Lipinski definition) is 4. The average molecular weight is 288 g/mol. The number of nitrogens with one attached hydrogen (secondary N) is 2. The van der Waals surface area contributed by atoms with Crippen molar-refractivity contribution in [3.05, 3.63) is 35.6 Å². The Bertz CT molecular complexity index is 750. The molecule has 0 saturated carbocycles. The fourth-order valence-electron chi connectivity index (χ4n) is 2.07. The molecule has 6 heteroatoms. The number of hydrogen-bond donors (Lipinski definition) is 2. The number of nitrogens with zero attached hydrogens (tertiary/aromatic N) is 3. The van der Waals surface area contributed by atoms with Crippen molar-refractivity contribution in [1.29, 1.82) is 0 Å². The van der Waals surface area contributed by atoms with Crippen LogP contribution in [0.25, 0.3) is 22.3 Å². The normalized spacial score (nSPS) is 11.2. The van der Waals surface area contributed by atoms with E-state index in [2.05, 4.69) is 39.3 Å². The van der Waals surface area contributed by atoms with Crippen molar-refractivity contribution < 1.29 is 0 Å². The van der Waals surface area contributed by atoms with E-state index in [1.807, 2.05) is 6.07 Å². The van der Waals surface area contributed by atoms with E-state index in [-0.39, 0.29) is 6.04 Å². The molecule has 102 valence electrons. The van der Waals surface area contributed by atoms with Crippen molar-refractivity contribution in [3.8, 4) is 11.4 Å². The van der Waals surface area contributed by atoms with Gasteiger partial charge in [-0.1, -0.05) is 11.6 Å². The Balaban J connectivity index is 2.21. The van der Waals surface area contributed by atoms with Crippen LogP contribution in [0.3, 0.4) is 0 Å². The van der Waals surface area contributed by atoms with Gasteiger partial charge in [0.05, 0.1) is 16.6 Å². The van der Waals surface area contributed by atoms with Gasteiger partial charge in [-0.15, -0.1) is 0 Å². The summed E-state index contributed by atoms with van der Waals surface area (Å²) in [6, 6.07) is 5.71. The number of halogens is 1. The molecule has 0 bridgehead atoms. The van der Waals surface area contributed by atoms with Gasteiger partial charge in [0.1, 0.15) is 11.5 Å². The molecular formula is C14H14ClN5. The van der Waals surface area contributed by atoms with Gasteiger partial charge in [-0.2, -0.15) is 5.10 Å². The van der Waals surface area contributed by atoms with Crippen LogP contribution in [-0.4, -0.2) is 26.2 Å². The molecule has 3 aromatic rings. The molecule has 0 amide bonds. The smallest absolute Gasteiger partial charge is 0.137 e. The van der Waals surface area contributed by atoms with Gasteiger partial charge in [-0.05, 0) is 32.0 Å². The Kier molecular flexibility index (Phi) is 3.28. The zero-order valence-corrected chi connectivity index (χ0v) is 11.9. The Morgan fingerprint density at radius 3 is 2.75 bits per heavy atom. The summed E-state index contributed by atoms with van der Waals surface area (Å²) >= 11 is 6.03. The number of fused-ring (bicyclic) bond motifs is 1. The predicted octanol–water partition coefficient (Wildman–Crippen LogP) is 3.49. The molecule has 0 unspecified atom stereocenters. The van der Waals surface area contributed by atoms with Gasteiger partial charge < -0.3 is 5.32 Å². The lowest BCUT2D eigenvalue weighted by Crippen LogP contribution is -2.11. The van der Waals surface area contributed by atoms with Gasteiger partial charge in [-0.3, -0.25) is 10.1 Å². The first kappa shape index (κ1) is 12.9. The lowest BCUT2D eigenvalue weighted by atomic mass is 10.1. The van der Waals surface area contributed by atoms with Crippen molar-refractivity contribution >= 4 is 28.3 Å². The lowest BCUT2D eigenvalue weighted by molar-refractivity contribution is 0.892. The highest BCUT2D eigenvalue weighted by Crippen LogP contribution is 2.30. The van der Waals surface area contributed by atoms with E-state index >= 15 is 0 Å². The molecular weight excluding hydrogens is 274 g/mol. The summed E-state index contributed by atoms with van der Waals surface area (Å²) in [5.41, 5.74) is 2.39. The van der Waals surface area contributed by atoms with Crippen LogP contribution in [0.2, 0.25) is 5.02 Å².